The number of nitrogens with one attached hydrogen (secondary N) is 2. The van der Waals surface area contributed by atoms with Crippen LogP contribution in [0.3, 0.4) is 0 Å². The molecule has 2 aromatic rings. The number of amides is 1. The van der Waals surface area contributed by atoms with Crippen molar-refractivity contribution in [3.05, 3.63) is 65.2 Å². The topological polar surface area (TPSA) is 60.0 Å². The van der Waals surface area contributed by atoms with Crippen LogP contribution in [0.15, 0.2) is 53.5 Å². The molecule has 2 aliphatic heterocycles. The van der Waals surface area contributed by atoms with Crippen molar-refractivity contribution < 1.29 is 4.79 Å². The Morgan fingerprint density at radius 3 is 2.48 bits per heavy atom. The summed E-state index contributed by atoms with van der Waals surface area (Å²) in [7, 11) is 1.71. The highest BCUT2D eigenvalue weighted by Gasteiger charge is 2.23. The number of benzene rings is 2. The van der Waals surface area contributed by atoms with Crippen LogP contribution < -0.4 is 15.5 Å². The number of carbonyl (C=O) groups excluding carboxylic acids is 1. The Kier molecular flexibility index (Phi) is 7.87. The number of rotatable bonds is 7. The van der Waals surface area contributed by atoms with Gasteiger partial charge in [0.25, 0.3) is 0 Å². The molecule has 2 N–H and O–H groups in total. The van der Waals surface area contributed by atoms with Crippen LogP contribution in [0.4, 0.5) is 5.69 Å². The van der Waals surface area contributed by atoms with Crippen LogP contribution in [0.2, 0.25) is 0 Å². The van der Waals surface area contributed by atoms with Gasteiger partial charge in [0.05, 0.1) is 6.54 Å². The van der Waals surface area contributed by atoms with Gasteiger partial charge in [-0.3, -0.25) is 4.79 Å². The van der Waals surface area contributed by atoms with Crippen LogP contribution in [0.25, 0.3) is 0 Å². The van der Waals surface area contributed by atoms with E-state index in [0.717, 1.165) is 57.9 Å². The molecule has 2 heterocycles. The van der Waals surface area contributed by atoms with E-state index in [1.807, 2.05) is 0 Å². The minimum Gasteiger partial charge on any atom is -0.367 e. The molecule has 4 rings (SSSR count). The van der Waals surface area contributed by atoms with E-state index in [4.69, 9.17) is 4.99 Å². The number of fused-ring (bicyclic) bond motifs is 1. The van der Waals surface area contributed by atoms with Crippen molar-refractivity contribution in [2.45, 2.75) is 45.7 Å². The molecule has 0 spiro atoms. The van der Waals surface area contributed by atoms with Gasteiger partial charge < -0.3 is 20.4 Å². The zero-order valence-corrected chi connectivity index (χ0v) is 20.0. The highest BCUT2D eigenvalue weighted by atomic mass is 16.1. The number of likely N-dealkylation sites (tertiary alicyclic amines) is 1. The molecule has 0 bridgehead atoms. The summed E-state index contributed by atoms with van der Waals surface area (Å²) < 4.78 is 0. The summed E-state index contributed by atoms with van der Waals surface area (Å²) in [4.78, 5) is 21.4. The molecular formula is C27H37N5O. The first-order valence-electron chi connectivity index (χ1n) is 12.3. The molecule has 1 fully saturated rings. The molecule has 176 valence electrons. The van der Waals surface area contributed by atoms with E-state index in [0.29, 0.717) is 18.9 Å². The van der Waals surface area contributed by atoms with Gasteiger partial charge >= 0.3 is 0 Å². The van der Waals surface area contributed by atoms with Crippen LogP contribution in [0, 0.1) is 5.92 Å². The lowest BCUT2D eigenvalue weighted by atomic mass is 9.93. The summed E-state index contributed by atoms with van der Waals surface area (Å²) in [5.74, 6) is 1.60. The van der Waals surface area contributed by atoms with Crippen molar-refractivity contribution in [3.8, 4) is 0 Å². The van der Waals surface area contributed by atoms with Gasteiger partial charge in [0, 0.05) is 51.9 Å². The SMILES string of the molecule is CCNC(=NCc1ccc(CN2CCc3ccccc32)cc1)N1CCC(CC(=O)NC)CC1. The average Bonchev–Trinajstić information content (AvgIpc) is 3.26. The maximum atomic E-state index is 11.7. The normalized spacial score (nSPS) is 16.6. The van der Waals surface area contributed by atoms with Crippen LogP contribution in [0.1, 0.15) is 42.9 Å². The number of hydrogen-bond acceptors (Lipinski definition) is 3. The van der Waals surface area contributed by atoms with Gasteiger partial charge in [-0.15, -0.1) is 0 Å². The van der Waals surface area contributed by atoms with Crippen molar-refractivity contribution >= 4 is 17.6 Å². The fourth-order valence-corrected chi connectivity index (χ4v) is 4.85. The Bertz CT molecular complexity index is 947. The maximum Gasteiger partial charge on any atom is 0.220 e. The largest absolute Gasteiger partial charge is 0.367 e. The second-order valence-corrected chi connectivity index (χ2v) is 9.09. The van der Waals surface area contributed by atoms with Gasteiger partial charge in [0.15, 0.2) is 5.96 Å². The smallest absolute Gasteiger partial charge is 0.220 e. The molecule has 0 unspecified atom stereocenters. The Hall–Kier alpha value is -3.02. The standard InChI is InChI=1S/C27H37N5O/c1-3-29-27(31-15-12-21(13-16-31)18-26(33)28-2)30-19-22-8-10-23(11-9-22)20-32-17-14-24-6-4-5-7-25(24)32/h4-11,21H,3,12-20H2,1-2H3,(H,28,33)(H,29,30). The predicted octanol–water partition coefficient (Wildman–Crippen LogP) is 3.56. The molecule has 0 radical (unpaired) electrons. The first kappa shape index (κ1) is 23.1. The molecule has 2 aromatic carbocycles. The minimum atomic E-state index is 0.145. The number of para-hydroxylation sites is 1. The molecule has 33 heavy (non-hydrogen) atoms. The lowest BCUT2D eigenvalue weighted by molar-refractivity contribution is -0.121. The molecule has 6 heteroatoms. The van der Waals surface area contributed by atoms with Crippen LogP contribution in [0.5, 0.6) is 0 Å². The van der Waals surface area contributed by atoms with Gasteiger partial charge in [-0.05, 0) is 54.9 Å². The number of hydrogen-bond donors (Lipinski definition) is 2. The van der Waals surface area contributed by atoms with Gasteiger partial charge in [0.2, 0.25) is 5.91 Å². The van der Waals surface area contributed by atoms with Gasteiger partial charge in [-0.2, -0.15) is 0 Å². The number of nitrogens with zero attached hydrogens (tertiary/aromatic N) is 3. The van der Waals surface area contributed by atoms with Crippen molar-refractivity contribution in [1.29, 1.82) is 0 Å². The Morgan fingerprint density at radius 2 is 1.76 bits per heavy atom. The van der Waals surface area contributed by atoms with Crippen LogP contribution >= 0.6 is 0 Å². The number of guanidine groups is 1. The maximum absolute atomic E-state index is 11.7. The lowest BCUT2D eigenvalue weighted by Crippen LogP contribution is -2.46. The summed E-state index contributed by atoms with van der Waals surface area (Å²) in [6, 6.07) is 17.6. The van der Waals surface area contributed by atoms with Crippen LogP contribution in [-0.2, 0) is 24.3 Å². The molecule has 0 aliphatic carbocycles. The Morgan fingerprint density at radius 1 is 1.03 bits per heavy atom. The molecule has 0 aromatic heterocycles. The molecule has 2 aliphatic rings. The zero-order valence-electron chi connectivity index (χ0n) is 20.0. The Labute approximate surface area is 198 Å². The summed E-state index contributed by atoms with van der Waals surface area (Å²) in [5.41, 5.74) is 5.40. The van der Waals surface area contributed by atoms with E-state index in [2.05, 4.69) is 75.9 Å². The minimum absolute atomic E-state index is 0.145. The lowest BCUT2D eigenvalue weighted by Gasteiger charge is -2.34. The van der Waals surface area contributed by atoms with E-state index in [1.54, 1.807) is 7.05 Å². The van der Waals surface area contributed by atoms with Crippen molar-refractivity contribution in [3.63, 3.8) is 0 Å². The fraction of sp³-hybridized carbons (Fsp3) is 0.481. The zero-order chi connectivity index (χ0) is 23.0. The van der Waals surface area contributed by atoms with E-state index in [9.17, 15) is 4.79 Å². The van der Waals surface area contributed by atoms with Gasteiger partial charge in [-0.1, -0.05) is 42.5 Å². The van der Waals surface area contributed by atoms with E-state index >= 15 is 0 Å². The van der Waals surface area contributed by atoms with Crippen molar-refractivity contribution in [1.82, 2.24) is 15.5 Å². The summed E-state index contributed by atoms with van der Waals surface area (Å²) >= 11 is 0. The number of anilines is 1. The summed E-state index contributed by atoms with van der Waals surface area (Å²) in [6.07, 6.45) is 3.84. The monoisotopic (exact) mass is 447 g/mol. The fourth-order valence-electron chi connectivity index (χ4n) is 4.85. The summed E-state index contributed by atoms with van der Waals surface area (Å²) in [5, 5.41) is 6.19. The third-order valence-corrected chi connectivity index (χ3v) is 6.79. The molecule has 0 atom stereocenters. The van der Waals surface area contributed by atoms with Gasteiger partial charge in [0.1, 0.15) is 0 Å². The third kappa shape index (κ3) is 6.06. The van der Waals surface area contributed by atoms with Crippen molar-refractivity contribution in [2.75, 3.05) is 38.1 Å². The second kappa shape index (κ2) is 11.2. The summed E-state index contributed by atoms with van der Waals surface area (Å²) in [6.45, 7) is 7.58. The Balaban J connectivity index is 1.32. The van der Waals surface area contributed by atoms with Gasteiger partial charge in [-0.25, -0.2) is 4.99 Å². The molecule has 1 amide bonds. The predicted molar refractivity (Wildman–Crippen MR) is 135 cm³/mol. The van der Waals surface area contributed by atoms with E-state index < -0.39 is 0 Å². The highest BCUT2D eigenvalue weighted by Crippen LogP contribution is 2.28. The van der Waals surface area contributed by atoms with Crippen molar-refractivity contribution in [2.24, 2.45) is 10.9 Å². The highest BCUT2D eigenvalue weighted by molar-refractivity contribution is 5.80. The number of piperidine rings is 1. The molecular weight excluding hydrogens is 410 g/mol. The second-order valence-electron chi connectivity index (χ2n) is 9.09. The van der Waals surface area contributed by atoms with E-state index in [-0.39, 0.29) is 5.91 Å². The first-order chi connectivity index (χ1) is 16.2. The molecule has 1 saturated heterocycles. The van der Waals surface area contributed by atoms with E-state index in [1.165, 1.54) is 22.4 Å². The quantitative estimate of drug-likeness (QED) is 0.503. The average molecular weight is 448 g/mol. The molecule has 6 nitrogen and oxygen atoms in total. The van der Waals surface area contributed by atoms with Crippen LogP contribution in [-0.4, -0.2) is 50.0 Å². The third-order valence-electron chi connectivity index (χ3n) is 6.79. The number of aliphatic imine (C=N–C) groups is 1. The molecule has 0 saturated carbocycles. The number of carbonyl (C=O) groups is 1. The first-order valence-corrected chi connectivity index (χ1v) is 12.3.